The molecule has 1 aliphatic heterocycles. The maximum absolute atomic E-state index is 13.6. The van der Waals surface area contributed by atoms with E-state index in [4.69, 9.17) is 14.2 Å². The molecule has 3 rings (SSSR count). The van der Waals surface area contributed by atoms with E-state index < -0.39 is 17.6 Å². The Morgan fingerprint density at radius 1 is 1.12 bits per heavy atom. The topological polar surface area (TPSA) is 119 Å². The van der Waals surface area contributed by atoms with Gasteiger partial charge in [0.2, 0.25) is 0 Å². The maximum atomic E-state index is 13.6. The van der Waals surface area contributed by atoms with Crippen LogP contribution in [0.15, 0.2) is 47.6 Å². The van der Waals surface area contributed by atoms with Crippen molar-refractivity contribution in [3.8, 4) is 11.5 Å². The molecule has 0 saturated carbocycles. The molecule has 0 spiro atoms. The van der Waals surface area contributed by atoms with Gasteiger partial charge in [-0.05, 0) is 35.9 Å². The van der Waals surface area contributed by atoms with Crippen molar-refractivity contribution in [1.82, 2.24) is 10.3 Å². The van der Waals surface area contributed by atoms with E-state index in [9.17, 15) is 18.8 Å². The van der Waals surface area contributed by atoms with Crippen LogP contribution in [0.25, 0.3) is 0 Å². The number of methoxy groups -OCH3 is 1. The van der Waals surface area contributed by atoms with Crippen LogP contribution in [0.4, 0.5) is 10.1 Å². The lowest BCUT2D eigenvalue weighted by molar-refractivity contribution is -0.137. The van der Waals surface area contributed by atoms with Crippen LogP contribution in [0.5, 0.6) is 11.5 Å². The van der Waals surface area contributed by atoms with Gasteiger partial charge in [0.15, 0.2) is 18.1 Å². The summed E-state index contributed by atoms with van der Waals surface area (Å²) >= 11 is 0. The zero-order valence-corrected chi connectivity index (χ0v) is 17.9. The fourth-order valence-corrected chi connectivity index (χ4v) is 2.89. The van der Waals surface area contributed by atoms with Crippen molar-refractivity contribution in [3.05, 3.63) is 53.8 Å². The molecule has 2 N–H and O–H groups in total. The first-order valence-corrected chi connectivity index (χ1v) is 10.0. The SMILES string of the molecule is COc1cc(/C=N\NC(=O)C(=O)Nc2ccccc2F)ccc1OCC(=O)N1CCOCC1. The number of carbonyl (C=O) groups excluding carboxylic acids is 3. The van der Waals surface area contributed by atoms with Crippen molar-refractivity contribution in [2.24, 2.45) is 5.10 Å². The first kappa shape index (κ1) is 23.7. The second kappa shape index (κ2) is 11.6. The van der Waals surface area contributed by atoms with Gasteiger partial charge in [-0.1, -0.05) is 12.1 Å². The molecular formula is C22H23FN4O6. The number of rotatable bonds is 7. The molecule has 0 bridgehead atoms. The van der Waals surface area contributed by atoms with E-state index in [1.807, 2.05) is 0 Å². The van der Waals surface area contributed by atoms with E-state index >= 15 is 0 Å². The molecule has 1 saturated heterocycles. The summed E-state index contributed by atoms with van der Waals surface area (Å²) in [4.78, 5) is 37.6. The van der Waals surface area contributed by atoms with E-state index in [1.54, 1.807) is 23.1 Å². The predicted molar refractivity (Wildman–Crippen MR) is 117 cm³/mol. The lowest BCUT2D eigenvalue weighted by Crippen LogP contribution is -2.43. The van der Waals surface area contributed by atoms with Crippen LogP contribution in [-0.2, 0) is 19.1 Å². The van der Waals surface area contributed by atoms with Gasteiger partial charge >= 0.3 is 11.8 Å². The zero-order valence-electron chi connectivity index (χ0n) is 17.9. The lowest BCUT2D eigenvalue weighted by Gasteiger charge is -2.26. The van der Waals surface area contributed by atoms with Crippen LogP contribution in [-0.4, -0.2) is 68.9 Å². The Bertz CT molecular complexity index is 1040. The highest BCUT2D eigenvalue weighted by atomic mass is 19.1. The Morgan fingerprint density at radius 3 is 2.61 bits per heavy atom. The van der Waals surface area contributed by atoms with E-state index in [0.717, 1.165) is 6.07 Å². The van der Waals surface area contributed by atoms with Crippen molar-refractivity contribution in [2.75, 3.05) is 45.3 Å². The minimum Gasteiger partial charge on any atom is -0.493 e. The second-order valence-electron chi connectivity index (χ2n) is 6.83. The minimum absolute atomic E-state index is 0.117. The highest BCUT2D eigenvalue weighted by molar-refractivity contribution is 6.39. The number of nitrogens with one attached hydrogen (secondary N) is 2. The Labute approximate surface area is 189 Å². The molecule has 2 aromatic rings. The summed E-state index contributed by atoms with van der Waals surface area (Å²) in [5.41, 5.74) is 2.48. The van der Waals surface area contributed by atoms with Gasteiger partial charge in [0.25, 0.3) is 5.91 Å². The summed E-state index contributed by atoms with van der Waals surface area (Å²) in [7, 11) is 1.45. The molecule has 1 fully saturated rings. The summed E-state index contributed by atoms with van der Waals surface area (Å²) in [5, 5.41) is 5.88. The van der Waals surface area contributed by atoms with Crippen LogP contribution >= 0.6 is 0 Å². The number of hydrogen-bond acceptors (Lipinski definition) is 7. The van der Waals surface area contributed by atoms with Crippen LogP contribution in [0, 0.1) is 5.82 Å². The molecule has 1 aliphatic rings. The van der Waals surface area contributed by atoms with Crippen LogP contribution in [0.1, 0.15) is 5.56 Å². The van der Waals surface area contributed by atoms with Crippen LogP contribution in [0.2, 0.25) is 0 Å². The number of benzene rings is 2. The van der Waals surface area contributed by atoms with E-state index in [-0.39, 0.29) is 18.2 Å². The standard InChI is InChI=1S/C22H23FN4O6/c1-31-19-12-15(6-7-18(19)33-14-20(28)27-8-10-32-11-9-27)13-24-26-22(30)21(29)25-17-5-3-2-4-16(17)23/h2-7,12-13H,8-11,14H2,1H3,(H,25,29)(H,26,30)/b24-13-. The number of hydrazone groups is 1. The highest BCUT2D eigenvalue weighted by Crippen LogP contribution is 2.27. The molecule has 33 heavy (non-hydrogen) atoms. The molecule has 2 aromatic carbocycles. The van der Waals surface area contributed by atoms with E-state index in [2.05, 4.69) is 15.8 Å². The normalized spacial score (nSPS) is 13.5. The van der Waals surface area contributed by atoms with Crippen molar-refractivity contribution in [2.45, 2.75) is 0 Å². The third-order valence-electron chi connectivity index (χ3n) is 4.61. The fraction of sp³-hybridized carbons (Fsp3) is 0.273. The van der Waals surface area contributed by atoms with Gasteiger partial charge < -0.3 is 24.4 Å². The van der Waals surface area contributed by atoms with Crippen LogP contribution in [0.3, 0.4) is 0 Å². The summed E-state index contributed by atoms with van der Waals surface area (Å²) in [6.07, 6.45) is 1.29. The number of anilines is 1. The molecule has 0 radical (unpaired) electrons. The first-order valence-electron chi connectivity index (χ1n) is 10.0. The third-order valence-corrected chi connectivity index (χ3v) is 4.61. The molecule has 1 heterocycles. The summed E-state index contributed by atoms with van der Waals surface area (Å²) in [6, 6.07) is 10.3. The van der Waals surface area contributed by atoms with Crippen molar-refractivity contribution in [3.63, 3.8) is 0 Å². The van der Waals surface area contributed by atoms with Gasteiger partial charge in [-0.3, -0.25) is 14.4 Å². The number of nitrogens with zero attached hydrogens (tertiary/aromatic N) is 2. The number of carbonyl (C=O) groups is 3. The van der Waals surface area contributed by atoms with Crippen molar-refractivity contribution >= 4 is 29.6 Å². The number of morpholine rings is 1. The van der Waals surface area contributed by atoms with E-state index in [0.29, 0.717) is 43.4 Å². The number of halogens is 1. The number of hydrogen-bond donors (Lipinski definition) is 2. The second-order valence-corrected chi connectivity index (χ2v) is 6.83. The molecule has 0 aliphatic carbocycles. The predicted octanol–water partition coefficient (Wildman–Crippen LogP) is 1.16. The molecule has 3 amide bonds. The molecule has 10 nitrogen and oxygen atoms in total. The van der Waals surface area contributed by atoms with E-state index in [1.165, 1.54) is 31.5 Å². The van der Waals surface area contributed by atoms with Crippen molar-refractivity contribution < 1.29 is 33.0 Å². The number of para-hydroxylation sites is 1. The van der Waals surface area contributed by atoms with Gasteiger partial charge in [-0.25, -0.2) is 9.82 Å². The van der Waals surface area contributed by atoms with Crippen molar-refractivity contribution in [1.29, 1.82) is 0 Å². The lowest BCUT2D eigenvalue weighted by atomic mass is 10.2. The summed E-state index contributed by atoms with van der Waals surface area (Å²) in [5.74, 6) is -2.22. The number of ether oxygens (including phenoxy) is 3. The Kier molecular flexibility index (Phi) is 8.30. The number of amides is 3. The first-order chi connectivity index (χ1) is 16.0. The Balaban J connectivity index is 1.53. The summed E-state index contributed by atoms with van der Waals surface area (Å²) < 4.78 is 29.7. The Hall–Kier alpha value is -3.99. The molecule has 174 valence electrons. The van der Waals surface area contributed by atoms with Crippen LogP contribution < -0.4 is 20.2 Å². The van der Waals surface area contributed by atoms with Gasteiger partial charge in [0.05, 0.1) is 32.2 Å². The monoisotopic (exact) mass is 458 g/mol. The highest BCUT2D eigenvalue weighted by Gasteiger charge is 2.18. The molecular weight excluding hydrogens is 435 g/mol. The van der Waals surface area contributed by atoms with Gasteiger partial charge in [0, 0.05) is 13.1 Å². The molecule has 0 unspecified atom stereocenters. The minimum atomic E-state index is -1.07. The largest absolute Gasteiger partial charge is 0.493 e. The quantitative estimate of drug-likeness (QED) is 0.365. The average molecular weight is 458 g/mol. The zero-order chi connectivity index (χ0) is 23.6. The summed E-state index contributed by atoms with van der Waals surface area (Å²) in [6.45, 7) is 1.92. The Morgan fingerprint density at radius 2 is 1.88 bits per heavy atom. The fourth-order valence-electron chi connectivity index (χ4n) is 2.89. The maximum Gasteiger partial charge on any atom is 0.329 e. The smallest absolute Gasteiger partial charge is 0.329 e. The molecule has 0 atom stereocenters. The molecule has 11 heteroatoms. The average Bonchev–Trinajstić information content (AvgIpc) is 2.84. The molecule has 0 aromatic heterocycles. The van der Waals surface area contributed by atoms with Gasteiger partial charge in [-0.15, -0.1) is 0 Å². The van der Waals surface area contributed by atoms with Gasteiger partial charge in [-0.2, -0.15) is 5.10 Å². The third kappa shape index (κ3) is 6.74. The van der Waals surface area contributed by atoms with Gasteiger partial charge in [0.1, 0.15) is 5.82 Å².